The summed E-state index contributed by atoms with van der Waals surface area (Å²) in [4.78, 5) is 5.41. The van der Waals surface area contributed by atoms with E-state index >= 15 is 0 Å². The van der Waals surface area contributed by atoms with Crippen molar-refractivity contribution >= 4 is 0 Å². The number of nitrogens with zero attached hydrogens (tertiary/aromatic N) is 2. The SMILES string of the molecule is CC(C)CC(CN)CN1CCC(N2CCCCC2)C1. The van der Waals surface area contributed by atoms with Gasteiger partial charge in [0.25, 0.3) is 0 Å². The lowest BCUT2D eigenvalue weighted by Crippen LogP contribution is -2.41. The Balaban J connectivity index is 1.74. The Kier molecular flexibility index (Phi) is 6.11. The first-order valence-electron chi connectivity index (χ1n) is 8.35. The average Bonchev–Trinajstić information content (AvgIpc) is 2.87. The lowest BCUT2D eigenvalue weighted by molar-refractivity contribution is 0.157. The van der Waals surface area contributed by atoms with Gasteiger partial charge in [-0.05, 0) is 63.7 Å². The maximum Gasteiger partial charge on any atom is 0.0235 e. The van der Waals surface area contributed by atoms with Crippen molar-refractivity contribution in [2.24, 2.45) is 17.6 Å². The van der Waals surface area contributed by atoms with Gasteiger partial charge >= 0.3 is 0 Å². The monoisotopic (exact) mass is 267 g/mol. The normalized spacial score (nSPS) is 28.1. The molecule has 0 spiro atoms. The number of likely N-dealkylation sites (tertiary alicyclic amines) is 2. The molecule has 3 heteroatoms. The second-order valence-corrected chi connectivity index (χ2v) is 7.03. The molecule has 0 aromatic carbocycles. The number of hydrogen-bond donors (Lipinski definition) is 1. The maximum absolute atomic E-state index is 5.94. The molecule has 2 fully saturated rings. The van der Waals surface area contributed by atoms with Crippen LogP contribution in [0, 0.1) is 11.8 Å². The average molecular weight is 267 g/mol. The van der Waals surface area contributed by atoms with E-state index < -0.39 is 0 Å². The molecule has 2 aliphatic rings. The van der Waals surface area contributed by atoms with Gasteiger partial charge in [0.05, 0.1) is 0 Å². The highest BCUT2D eigenvalue weighted by Gasteiger charge is 2.29. The van der Waals surface area contributed by atoms with Crippen LogP contribution in [0.4, 0.5) is 0 Å². The van der Waals surface area contributed by atoms with Crippen molar-refractivity contribution in [1.82, 2.24) is 9.80 Å². The Morgan fingerprint density at radius 1 is 1.11 bits per heavy atom. The first kappa shape index (κ1) is 15.3. The van der Waals surface area contributed by atoms with Crippen LogP contribution in [-0.2, 0) is 0 Å². The minimum absolute atomic E-state index is 0.695. The zero-order chi connectivity index (χ0) is 13.7. The van der Waals surface area contributed by atoms with E-state index in [-0.39, 0.29) is 0 Å². The van der Waals surface area contributed by atoms with Crippen LogP contribution in [0.1, 0.15) is 46.0 Å². The molecule has 2 rings (SSSR count). The van der Waals surface area contributed by atoms with Gasteiger partial charge in [0, 0.05) is 19.1 Å². The third kappa shape index (κ3) is 4.73. The molecule has 0 bridgehead atoms. The quantitative estimate of drug-likeness (QED) is 0.800. The first-order valence-corrected chi connectivity index (χ1v) is 8.35. The summed E-state index contributed by atoms with van der Waals surface area (Å²) in [5.74, 6) is 1.47. The minimum atomic E-state index is 0.695. The summed E-state index contributed by atoms with van der Waals surface area (Å²) in [6, 6.07) is 0.831. The van der Waals surface area contributed by atoms with Crippen LogP contribution in [0.15, 0.2) is 0 Å². The molecule has 2 heterocycles. The number of hydrogen-bond acceptors (Lipinski definition) is 3. The van der Waals surface area contributed by atoms with Crippen LogP contribution in [0.2, 0.25) is 0 Å². The number of piperidine rings is 1. The lowest BCUT2D eigenvalue weighted by atomic mass is 9.97. The Labute approximate surface area is 119 Å². The highest BCUT2D eigenvalue weighted by atomic mass is 15.3. The smallest absolute Gasteiger partial charge is 0.0235 e. The highest BCUT2D eigenvalue weighted by Crippen LogP contribution is 2.22. The van der Waals surface area contributed by atoms with Crippen molar-refractivity contribution in [3.8, 4) is 0 Å². The standard InChI is InChI=1S/C16H33N3/c1-14(2)10-15(11-17)12-18-9-6-16(13-18)19-7-4-3-5-8-19/h14-16H,3-13,17H2,1-2H3. The third-order valence-corrected chi connectivity index (χ3v) is 4.81. The summed E-state index contributed by atoms with van der Waals surface area (Å²) in [6.45, 7) is 11.9. The molecule has 0 aromatic heterocycles. The van der Waals surface area contributed by atoms with Gasteiger partial charge in [-0.15, -0.1) is 0 Å². The van der Waals surface area contributed by atoms with Gasteiger partial charge in [-0.25, -0.2) is 0 Å². The molecule has 0 radical (unpaired) electrons. The Morgan fingerprint density at radius 3 is 2.47 bits per heavy atom. The molecule has 2 aliphatic heterocycles. The van der Waals surface area contributed by atoms with Gasteiger partial charge < -0.3 is 10.6 Å². The summed E-state index contributed by atoms with van der Waals surface area (Å²) < 4.78 is 0. The van der Waals surface area contributed by atoms with E-state index in [4.69, 9.17) is 5.73 Å². The predicted octanol–water partition coefficient (Wildman–Crippen LogP) is 2.17. The summed E-state index contributed by atoms with van der Waals surface area (Å²) in [5, 5.41) is 0. The summed E-state index contributed by atoms with van der Waals surface area (Å²) >= 11 is 0. The molecule has 3 nitrogen and oxygen atoms in total. The van der Waals surface area contributed by atoms with Crippen molar-refractivity contribution in [3.63, 3.8) is 0 Å². The molecule has 0 aromatic rings. The third-order valence-electron chi connectivity index (χ3n) is 4.81. The maximum atomic E-state index is 5.94. The Bertz CT molecular complexity index is 248. The number of nitrogens with two attached hydrogens (primary N) is 1. The molecule has 2 atom stereocenters. The molecule has 0 amide bonds. The van der Waals surface area contributed by atoms with Gasteiger partial charge in [0.15, 0.2) is 0 Å². The molecule has 2 N–H and O–H groups in total. The highest BCUT2D eigenvalue weighted by molar-refractivity contribution is 4.85. The Morgan fingerprint density at radius 2 is 1.84 bits per heavy atom. The molecular formula is C16H33N3. The van der Waals surface area contributed by atoms with Crippen LogP contribution in [0.25, 0.3) is 0 Å². The van der Waals surface area contributed by atoms with E-state index in [2.05, 4.69) is 23.6 Å². The second kappa shape index (κ2) is 7.61. The second-order valence-electron chi connectivity index (χ2n) is 7.03. The van der Waals surface area contributed by atoms with E-state index in [0.717, 1.165) is 18.5 Å². The van der Waals surface area contributed by atoms with Gasteiger partial charge in [0.1, 0.15) is 0 Å². The summed E-state index contributed by atoms with van der Waals surface area (Å²) in [6.07, 6.45) is 6.92. The fourth-order valence-corrected chi connectivity index (χ4v) is 3.84. The van der Waals surface area contributed by atoms with E-state index in [1.165, 1.54) is 64.8 Å². The molecular weight excluding hydrogens is 234 g/mol. The van der Waals surface area contributed by atoms with E-state index in [9.17, 15) is 0 Å². The van der Waals surface area contributed by atoms with E-state index in [0.29, 0.717) is 5.92 Å². The lowest BCUT2D eigenvalue weighted by Gasteiger charge is -2.32. The fraction of sp³-hybridized carbons (Fsp3) is 1.00. The van der Waals surface area contributed by atoms with E-state index in [1.54, 1.807) is 0 Å². The molecule has 0 aliphatic carbocycles. The van der Waals surface area contributed by atoms with Crippen molar-refractivity contribution < 1.29 is 0 Å². The van der Waals surface area contributed by atoms with Crippen LogP contribution >= 0.6 is 0 Å². The molecule has 19 heavy (non-hydrogen) atoms. The van der Waals surface area contributed by atoms with Gasteiger partial charge in [-0.2, -0.15) is 0 Å². The zero-order valence-corrected chi connectivity index (χ0v) is 13.0. The van der Waals surface area contributed by atoms with Crippen LogP contribution in [0.5, 0.6) is 0 Å². The largest absolute Gasteiger partial charge is 0.330 e. The van der Waals surface area contributed by atoms with Crippen LogP contribution < -0.4 is 5.73 Å². The topological polar surface area (TPSA) is 32.5 Å². The molecule has 2 unspecified atom stereocenters. The first-order chi connectivity index (χ1) is 9.19. The number of rotatable bonds is 6. The Hall–Kier alpha value is -0.120. The molecule has 2 saturated heterocycles. The molecule has 112 valence electrons. The minimum Gasteiger partial charge on any atom is -0.330 e. The zero-order valence-electron chi connectivity index (χ0n) is 13.0. The summed E-state index contributed by atoms with van der Waals surface area (Å²) in [5.41, 5.74) is 5.94. The summed E-state index contributed by atoms with van der Waals surface area (Å²) in [7, 11) is 0. The van der Waals surface area contributed by atoms with Gasteiger partial charge in [-0.3, -0.25) is 4.90 Å². The van der Waals surface area contributed by atoms with Crippen molar-refractivity contribution in [2.45, 2.75) is 52.0 Å². The van der Waals surface area contributed by atoms with E-state index in [1.807, 2.05) is 0 Å². The van der Waals surface area contributed by atoms with Crippen molar-refractivity contribution in [3.05, 3.63) is 0 Å². The molecule has 0 saturated carbocycles. The van der Waals surface area contributed by atoms with Crippen LogP contribution in [-0.4, -0.2) is 55.1 Å². The van der Waals surface area contributed by atoms with Crippen molar-refractivity contribution in [1.29, 1.82) is 0 Å². The van der Waals surface area contributed by atoms with Crippen molar-refractivity contribution in [2.75, 3.05) is 39.3 Å². The van der Waals surface area contributed by atoms with Gasteiger partial charge in [-0.1, -0.05) is 20.3 Å². The van der Waals surface area contributed by atoms with Crippen LogP contribution in [0.3, 0.4) is 0 Å². The van der Waals surface area contributed by atoms with Gasteiger partial charge in [0.2, 0.25) is 0 Å². The predicted molar refractivity (Wildman–Crippen MR) is 82.3 cm³/mol. The fourth-order valence-electron chi connectivity index (χ4n) is 3.84.